The van der Waals surface area contributed by atoms with Gasteiger partial charge in [0.25, 0.3) is 0 Å². The van der Waals surface area contributed by atoms with E-state index in [1.54, 1.807) is 0 Å². The van der Waals surface area contributed by atoms with Crippen molar-refractivity contribution in [3.8, 4) is 0 Å². The first-order chi connectivity index (χ1) is 3.00. The van der Waals surface area contributed by atoms with Gasteiger partial charge in [-0.1, -0.05) is 30.3 Å². The molecule has 1 aromatic rings. The third-order valence-electron chi connectivity index (χ3n) is 0.607. The van der Waals surface area contributed by atoms with E-state index >= 15 is 0 Å². The van der Waals surface area contributed by atoms with E-state index in [0.717, 1.165) is 0 Å². The van der Waals surface area contributed by atoms with Gasteiger partial charge in [0.15, 0.2) is 0 Å². The molecular formula is C6H5IZn-. The molecule has 1 radical (unpaired) electrons. The van der Waals surface area contributed by atoms with Gasteiger partial charge in [-0.05, 0) is 6.07 Å². The first-order valence-electron chi connectivity index (χ1n) is 1.91. The van der Waals surface area contributed by atoms with Gasteiger partial charge >= 0.3 is 0 Å². The Morgan fingerprint density at radius 1 is 0.875 bits per heavy atom. The molecule has 0 unspecified atom stereocenters. The molecule has 0 bridgehead atoms. The Morgan fingerprint density at radius 2 is 1.38 bits per heavy atom. The SMILES string of the molecule is [I-].[Zn].[c]1ccccc1. The summed E-state index contributed by atoms with van der Waals surface area (Å²) in [6.45, 7) is 0. The van der Waals surface area contributed by atoms with Crippen LogP contribution in [0.5, 0.6) is 0 Å². The zero-order valence-electron chi connectivity index (χ0n) is 4.47. The van der Waals surface area contributed by atoms with E-state index in [0.29, 0.717) is 0 Å². The van der Waals surface area contributed by atoms with E-state index in [1.807, 2.05) is 30.3 Å². The van der Waals surface area contributed by atoms with Gasteiger partial charge in [0.1, 0.15) is 0 Å². The van der Waals surface area contributed by atoms with Crippen LogP contribution in [0.25, 0.3) is 0 Å². The average molecular weight is 269 g/mol. The molecular weight excluding hydrogens is 264 g/mol. The summed E-state index contributed by atoms with van der Waals surface area (Å²) in [5.41, 5.74) is 0. The smallest absolute Gasteiger partial charge is 0 e. The Morgan fingerprint density at radius 3 is 1.50 bits per heavy atom. The van der Waals surface area contributed by atoms with Crippen molar-refractivity contribution >= 4 is 0 Å². The summed E-state index contributed by atoms with van der Waals surface area (Å²) in [5, 5.41) is 0. The molecule has 1 rings (SSSR count). The van der Waals surface area contributed by atoms with Crippen LogP contribution in [0.4, 0.5) is 0 Å². The van der Waals surface area contributed by atoms with Crippen LogP contribution in [-0.4, -0.2) is 0 Å². The molecule has 0 N–H and O–H groups in total. The molecule has 39 valence electrons. The molecule has 0 spiro atoms. The maximum absolute atomic E-state index is 2.89. The van der Waals surface area contributed by atoms with Gasteiger partial charge in [0.05, 0.1) is 0 Å². The van der Waals surface area contributed by atoms with E-state index in [-0.39, 0.29) is 43.5 Å². The zero-order chi connectivity index (χ0) is 4.24. The first-order valence-corrected chi connectivity index (χ1v) is 1.91. The maximum Gasteiger partial charge on any atom is 0 e. The van der Waals surface area contributed by atoms with Crippen LogP contribution in [0.3, 0.4) is 0 Å². The summed E-state index contributed by atoms with van der Waals surface area (Å²) >= 11 is 0. The fourth-order valence-corrected chi connectivity index (χ4v) is 0.342. The van der Waals surface area contributed by atoms with Crippen LogP contribution in [0, 0.1) is 6.07 Å². The van der Waals surface area contributed by atoms with Crippen LogP contribution in [-0.2, 0) is 19.5 Å². The van der Waals surface area contributed by atoms with E-state index in [2.05, 4.69) is 6.07 Å². The van der Waals surface area contributed by atoms with Gasteiger partial charge in [0.2, 0.25) is 0 Å². The van der Waals surface area contributed by atoms with E-state index in [1.165, 1.54) is 0 Å². The summed E-state index contributed by atoms with van der Waals surface area (Å²) < 4.78 is 0. The number of hydrogen-bond donors (Lipinski definition) is 0. The second-order valence-electron chi connectivity index (χ2n) is 1.08. The van der Waals surface area contributed by atoms with Gasteiger partial charge in [-0.2, -0.15) is 0 Å². The van der Waals surface area contributed by atoms with Crippen molar-refractivity contribution in [2.24, 2.45) is 0 Å². The van der Waals surface area contributed by atoms with Crippen molar-refractivity contribution in [2.45, 2.75) is 0 Å². The molecule has 1 aromatic carbocycles. The standard InChI is InChI=1S/C6H5.HI.Zn/c1-2-4-6-5-3-1;;/h1-5H;1H;/p-1. The summed E-state index contributed by atoms with van der Waals surface area (Å²) in [4.78, 5) is 0. The summed E-state index contributed by atoms with van der Waals surface area (Å²) in [7, 11) is 0. The van der Waals surface area contributed by atoms with Crippen molar-refractivity contribution in [3.05, 3.63) is 36.4 Å². The van der Waals surface area contributed by atoms with Crippen molar-refractivity contribution in [3.63, 3.8) is 0 Å². The van der Waals surface area contributed by atoms with Gasteiger partial charge in [-0.15, -0.1) is 0 Å². The molecule has 0 amide bonds. The van der Waals surface area contributed by atoms with Crippen molar-refractivity contribution < 1.29 is 43.5 Å². The number of rotatable bonds is 0. The normalized spacial score (nSPS) is 6.00. The van der Waals surface area contributed by atoms with Crippen molar-refractivity contribution in [1.29, 1.82) is 0 Å². The Hall–Kier alpha value is 0.573. The van der Waals surface area contributed by atoms with Crippen LogP contribution in [0.1, 0.15) is 0 Å². The van der Waals surface area contributed by atoms with E-state index in [4.69, 9.17) is 0 Å². The molecule has 2 heteroatoms. The van der Waals surface area contributed by atoms with Crippen LogP contribution < -0.4 is 24.0 Å². The summed E-state index contributed by atoms with van der Waals surface area (Å²) in [5.74, 6) is 0. The number of benzene rings is 1. The molecule has 0 heterocycles. The molecule has 0 aliphatic rings. The molecule has 0 aromatic heterocycles. The van der Waals surface area contributed by atoms with Crippen LogP contribution in [0.2, 0.25) is 0 Å². The fourth-order valence-electron chi connectivity index (χ4n) is 0.342. The second-order valence-corrected chi connectivity index (χ2v) is 1.08. The Kier molecular flexibility index (Phi) is 10.8. The number of halogens is 1. The second kappa shape index (κ2) is 7.57. The Labute approximate surface area is 79.5 Å². The van der Waals surface area contributed by atoms with E-state index < -0.39 is 0 Å². The largest absolute Gasteiger partial charge is 1.00 e. The molecule has 0 saturated carbocycles. The summed E-state index contributed by atoms with van der Waals surface area (Å²) in [6, 6.07) is 12.5. The topological polar surface area (TPSA) is 0 Å². The zero-order valence-corrected chi connectivity index (χ0v) is 9.60. The van der Waals surface area contributed by atoms with Gasteiger partial charge < -0.3 is 24.0 Å². The quantitative estimate of drug-likeness (QED) is 0.397. The molecule has 0 nitrogen and oxygen atoms in total. The Bertz CT molecular complexity index is 80.5. The van der Waals surface area contributed by atoms with Crippen LogP contribution >= 0.6 is 0 Å². The van der Waals surface area contributed by atoms with Gasteiger partial charge in [-0.25, -0.2) is 0 Å². The molecule has 0 fully saturated rings. The van der Waals surface area contributed by atoms with E-state index in [9.17, 15) is 0 Å². The monoisotopic (exact) mass is 268 g/mol. The van der Waals surface area contributed by atoms with Gasteiger partial charge in [0, 0.05) is 19.5 Å². The first kappa shape index (κ1) is 11.4. The minimum atomic E-state index is 0. The molecule has 8 heavy (non-hydrogen) atoms. The fraction of sp³-hybridized carbons (Fsp3) is 0. The van der Waals surface area contributed by atoms with Crippen LogP contribution in [0.15, 0.2) is 30.3 Å². The Balaban J connectivity index is 0. The molecule has 0 aliphatic carbocycles. The predicted molar refractivity (Wildman–Crippen MR) is 25.3 cm³/mol. The molecule has 0 saturated heterocycles. The third kappa shape index (κ3) is 4.73. The minimum absolute atomic E-state index is 0. The molecule has 0 atom stereocenters. The van der Waals surface area contributed by atoms with Crippen molar-refractivity contribution in [1.82, 2.24) is 0 Å². The molecule has 0 aliphatic heterocycles. The predicted octanol–water partition coefficient (Wildman–Crippen LogP) is -1.51. The summed E-state index contributed by atoms with van der Waals surface area (Å²) in [6.07, 6.45) is 0. The maximum atomic E-state index is 2.89. The average Bonchev–Trinajstić information content (AvgIpc) is 1.72. The third-order valence-corrected chi connectivity index (χ3v) is 0.607. The van der Waals surface area contributed by atoms with Crippen molar-refractivity contribution in [2.75, 3.05) is 0 Å². The van der Waals surface area contributed by atoms with Gasteiger partial charge in [-0.3, -0.25) is 0 Å². The minimum Gasteiger partial charge on any atom is -1.00 e. The number of hydrogen-bond acceptors (Lipinski definition) is 0.